The number of ether oxygens (including phenoxy) is 1. The fraction of sp³-hybridized carbons (Fsp3) is 0.474. The number of aromatic nitrogens is 1. The summed E-state index contributed by atoms with van der Waals surface area (Å²) in [6, 6.07) is 10.5. The molecule has 0 radical (unpaired) electrons. The van der Waals surface area contributed by atoms with Crippen LogP contribution in [0.5, 0.6) is 0 Å². The predicted molar refractivity (Wildman–Crippen MR) is 98.0 cm³/mol. The van der Waals surface area contributed by atoms with Gasteiger partial charge in [-0.15, -0.1) is 11.3 Å². The Kier molecular flexibility index (Phi) is 4.83. The van der Waals surface area contributed by atoms with Gasteiger partial charge in [0.2, 0.25) is 0 Å². The van der Waals surface area contributed by atoms with Crippen molar-refractivity contribution >= 4 is 17.2 Å². The van der Waals surface area contributed by atoms with Gasteiger partial charge in [0.1, 0.15) is 5.69 Å². The van der Waals surface area contributed by atoms with Crippen molar-refractivity contribution in [3.8, 4) is 0 Å². The Bertz CT molecular complexity index is 733. The highest BCUT2D eigenvalue weighted by molar-refractivity contribution is 7.09. The minimum Gasteiger partial charge on any atom is -0.379 e. The molecule has 0 saturated carbocycles. The molecule has 2 aliphatic rings. The van der Waals surface area contributed by atoms with E-state index in [2.05, 4.69) is 29.1 Å². The fourth-order valence-electron chi connectivity index (χ4n) is 3.64. The molecule has 0 unspecified atom stereocenters. The highest BCUT2D eigenvalue weighted by atomic mass is 32.1. The van der Waals surface area contributed by atoms with E-state index in [9.17, 15) is 4.79 Å². The fourth-order valence-corrected chi connectivity index (χ4v) is 4.44. The van der Waals surface area contributed by atoms with Gasteiger partial charge in [-0.2, -0.15) is 0 Å². The second-order valence-corrected chi connectivity index (χ2v) is 7.94. The maximum atomic E-state index is 13.0. The number of carbonyl (C=O) groups excluding carboxylic acids is 1. The summed E-state index contributed by atoms with van der Waals surface area (Å²) in [5, 5.41) is 2.90. The lowest BCUT2D eigenvalue weighted by Gasteiger charge is -2.29. The van der Waals surface area contributed by atoms with Crippen LogP contribution in [0.3, 0.4) is 0 Å². The monoisotopic (exact) mass is 357 g/mol. The Morgan fingerprint density at radius 2 is 2.08 bits per heavy atom. The van der Waals surface area contributed by atoms with Gasteiger partial charge in [-0.25, -0.2) is 4.98 Å². The molecule has 0 N–H and O–H groups in total. The van der Waals surface area contributed by atoms with Gasteiger partial charge >= 0.3 is 0 Å². The van der Waals surface area contributed by atoms with Crippen LogP contribution in [-0.4, -0.2) is 66.6 Å². The maximum absolute atomic E-state index is 13.0. The largest absolute Gasteiger partial charge is 0.379 e. The molecule has 2 bridgehead atoms. The number of benzene rings is 1. The second-order valence-electron chi connectivity index (χ2n) is 7.00. The van der Waals surface area contributed by atoms with E-state index < -0.39 is 0 Å². The first-order chi connectivity index (χ1) is 12.2. The van der Waals surface area contributed by atoms with E-state index in [1.807, 2.05) is 28.5 Å². The Morgan fingerprint density at radius 1 is 1.24 bits per heavy atom. The molecule has 1 aromatic heterocycles. The number of likely N-dealkylation sites (N-methyl/N-ethyl adjacent to an activating group) is 1. The van der Waals surface area contributed by atoms with Crippen molar-refractivity contribution in [3.05, 3.63) is 52.0 Å². The number of amides is 1. The molecule has 2 saturated heterocycles. The maximum Gasteiger partial charge on any atom is 0.273 e. The second kappa shape index (κ2) is 7.23. The first-order valence-electron chi connectivity index (χ1n) is 8.74. The molecule has 0 spiro atoms. The molecular weight excluding hydrogens is 334 g/mol. The van der Waals surface area contributed by atoms with E-state index in [1.54, 1.807) is 11.3 Å². The zero-order valence-electron chi connectivity index (χ0n) is 14.4. The van der Waals surface area contributed by atoms with Crippen molar-refractivity contribution in [2.24, 2.45) is 5.92 Å². The van der Waals surface area contributed by atoms with Gasteiger partial charge in [0.25, 0.3) is 5.91 Å². The average molecular weight is 357 g/mol. The molecule has 2 aliphatic heterocycles. The van der Waals surface area contributed by atoms with Gasteiger partial charge < -0.3 is 9.64 Å². The van der Waals surface area contributed by atoms with Crippen molar-refractivity contribution in [1.82, 2.24) is 14.8 Å². The van der Waals surface area contributed by atoms with E-state index in [-0.39, 0.29) is 11.9 Å². The lowest BCUT2D eigenvalue weighted by molar-refractivity contribution is 0.0430. The van der Waals surface area contributed by atoms with E-state index in [0.717, 1.165) is 37.7 Å². The summed E-state index contributed by atoms with van der Waals surface area (Å²) in [6.07, 6.45) is 0.778. The number of thiazole rings is 1. The molecule has 132 valence electrons. The van der Waals surface area contributed by atoms with E-state index in [0.29, 0.717) is 18.2 Å². The third-order valence-corrected chi connectivity index (χ3v) is 5.85. The molecule has 2 fully saturated rings. The molecular formula is C19H23N3O2S. The number of nitrogens with zero attached hydrogens (tertiary/aromatic N) is 3. The number of carbonyl (C=O) groups is 1. The quantitative estimate of drug-likeness (QED) is 0.844. The Morgan fingerprint density at radius 3 is 2.92 bits per heavy atom. The van der Waals surface area contributed by atoms with Crippen LogP contribution < -0.4 is 0 Å². The van der Waals surface area contributed by atoms with Crippen molar-refractivity contribution < 1.29 is 9.53 Å². The number of fused-ring (bicyclic) bond motifs is 3. The minimum absolute atomic E-state index is 0.0581. The summed E-state index contributed by atoms with van der Waals surface area (Å²) in [7, 11) is 2.13. The van der Waals surface area contributed by atoms with E-state index in [1.165, 1.54) is 5.56 Å². The molecule has 2 atom stereocenters. The zero-order valence-corrected chi connectivity index (χ0v) is 15.2. The summed E-state index contributed by atoms with van der Waals surface area (Å²) in [6.45, 7) is 3.90. The van der Waals surface area contributed by atoms with Crippen molar-refractivity contribution in [1.29, 1.82) is 0 Å². The van der Waals surface area contributed by atoms with Crippen molar-refractivity contribution in [3.63, 3.8) is 0 Å². The number of rotatable bonds is 3. The Hall–Kier alpha value is -1.76. The van der Waals surface area contributed by atoms with Gasteiger partial charge in [0.15, 0.2) is 0 Å². The first kappa shape index (κ1) is 16.7. The van der Waals surface area contributed by atoms with Crippen LogP contribution in [0.2, 0.25) is 0 Å². The average Bonchev–Trinajstić information content (AvgIpc) is 2.91. The SMILES string of the molecule is CN1C[C@H]2COC[C@@H]1CN(C(=O)c1csc(Cc3ccccc3)n1)C2. The smallest absolute Gasteiger partial charge is 0.273 e. The van der Waals surface area contributed by atoms with Crippen LogP contribution in [0.25, 0.3) is 0 Å². The van der Waals surface area contributed by atoms with Crippen LogP contribution in [0.1, 0.15) is 21.1 Å². The molecule has 5 nitrogen and oxygen atoms in total. The zero-order chi connectivity index (χ0) is 17.2. The normalized spacial score (nSPS) is 24.1. The van der Waals surface area contributed by atoms with Gasteiger partial charge in [-0.05, 0) is 12.6 Å². The van der Waals surface area contributed by atoms with Gasteiger partial charge in [0.05, 0.1) is 24.3 Å². The first-order valence-corrected chi connectivity index (χ1v) is 9.62. The lowest BCUT2D eigenvalue weighted by Crippen LogP contribution is -2.44. The molecule has 6 heteroatoms. The van der Waals surface area contributed by atoms with E-state index >= 15 is 0 Å². The molecule has 2 aromatic rings. The van der Waals surface area contributed by atoms with Crippen LogP contribution in [-0.2, 0) is 11.2 Å². The number of hydrogen-bond donors (Lipinski definition) is 0. The third kappa shape index (κ3) is 3.76. The highest BCUT2D eigenvalue weighted by Crippen LogP contribution is 2.21. The standard InChI is InChI=1S/C19H23N3O2S/c1-21-8-15-9-22(10-16(21)12-24-11-15)19(23)17-13-25-18(20-17)7-14-5-3-2-4-6-14/h2-6,13,15-16H,7-12H2,1H3/t15-,16+/m1/s1. The predicted octanol–water partition coefficient (Wildman–Crippen LogP) is 2.14. The van der Waals surface area contributed by atoms with Crippen LogP contribution in [0.15, 0.2) is 35.7 Å². The molecule has 1 amide bonds. The van der Waals surface area contributed by atoms with Crippen molar-refractivity contribution in [2.45, 2.75) is 12.5 Å². The molecule has 4 rings (SSSR count). The summed E-state index contributed by atoms with van der Waals surface area (Å²) in [5.74, 6) is 0.437. The van der Waals surface area contributed by atoms with Crippen LogP contribution in [0, 0.1) is 5.92 Å². The van der Waals surface area contributed by atoms with Gasteiger partial charge in [0, 0.05) is 37.4 Å². The van der Waals surface area contributed by atoms with Crippen LogP contribution >= 0.6 is 11.3 Å². The van der Waals surface area contributed by atoms with Gasteiger partial charge in [-0.3, -0.25) is 9.69 Å². The summed E-state index contributed by atoms with van der Waals surface area (Å²) < 4.78 is 5.74. The highest BCUT2D eigenvalue weighted by Gasteiger charge is 2.34. The van der Waals surface area contributed by atoms with E-state index in [4.69, 9.17) is 4.74 Å². The van der Waals surface area contributed by atoms with Crippen LogP contribution in [0.4, 0.5) is 0 Å². The minimum atomic E-state index is 0.0581. The molecule has 0 aliphatic carbocycles. The summed E-state index contributed by atoms with van der Waals surface area (Å²) in [4.78, 5) is 21.9. The molecule has 25 heavy (non-hydrogen) atoms. The molecule has 1 aromatic carbocycles. The third-order valence-electron chi connectivity index (χ3n) is 5.00. The lowest BCUT2D eigenvalue weighted by atomic mass is 10.1. The summed E-state index contributed by atoms with van der Waals surface area (Å²) >= 11 is 1.57. The van der Waals surface area contributed by atoms with Gasteiger partial charge in [-0.1, -0.05) is 30.3 Å². The Labute approximate surface area is 152 Å². The van der Waals surface area contributed by atoms with Crippen molar-refractivity contribution in [2.75, 3.05) is 39.9 Å². The summed E-state index contributed by atoms with van der Waals surface area (Å²) in [5.41, 5.74) is 1.80. The topological polar surface area (TPSA) is 45.7 Å². The Balaban J connectivity index is 1.48. The number of hydrogen-bond acceptors (Lipinski definition) is 5. The molecule has 3 heterocycles.